The van der Waals surface area contributed by atoms with E-state index in [4.69, 9.17) is 4.74 Å². The molecule has 30 heavy (non-hydrogen) atoms. The van der Waals surface area contributed by atoms with Crippen LogP contribution in [0.3, 0.4) is 0 Å². The van der Waals surface area contributed by atoms with E-state index in [1.54, 1.807) is 24.3 Å². The van der Waals surface area contributed by atoms with Crippen molar-refractivity contribution >= 4 is 17.6 Å². The molecule has 1 aromatic heterocycles. The number of rotatable bonds is 3. The van der Waals surface area contributed by atoms with Gasteiger partial charge in [-0.25, -0.2) is 14.8 Å². The number of benzene rings is 2. The minimum Gasteiger partial charge on any atom is -0.410 e. The lowest BCUT2D eigenvalue weighted by Gasteiger charge is -2.28. The minimum atomic E-state index is -4.44. The van der Waals surface area contributed by atoms with Crippen molar-refractivity contribution in [2.75, 3.05) is 11.9 Å². The van der Waals surface area contributed by atoms with Gasteiger partial charge in [0.05, 0.1) is 17.8 Å². The van der Waals surface area contributed by atoms with Crippen molar-refractivity contribution in [1.29, 1.82) is 0 Å². The van der Waals surface area contributed by atoms with Crippen LogP contribution in [-0.4, -0.2) is 27.5 Å². The molecule has 2 aromatic carbocycles. The number of ether oxygens (including phenoxy) is 1. The second-order valence-corrected chi connectivity index (χ2v) is 6.70. The Kier molecular flexibility index (Phi) is 5.26. The average molecular weight is 414 g/mol. The normalized spacial score (nSPS) is 13.5. The number of nitrogens with one attached hydrogen (secondary N) is 1. The van der Waals surface area contributed by atoms with Gasteiger partial charge in [0.1, 0.15) is 17.9 Å². The number of para-hydroxylation sites is 1. The van der Waals surface area contributed by atoms with Gasteiger partial charge >= 0.3 is 12.3 Å². The molecule has 0 aliphatic carbocycles. The topological polar surface area (TPSA) is 67.3 Å². The third-order valence-electron chi connectivity index (χ3n) is 4.66. The Morgan fingerprint density at radius 1 is 1.07 bits per heavy atom. The molecule has 0 saturated heterocycles. The van der Waals surface area contributed by atoms with Gasteiger partial charge in [-0.2, -0.15) is 13.2 Å². The number of alkyl halides is 3. The van der Waals surface area contributed by atoms with Gasteiger partial charge in [0.15, 0.2) is 0 Å². The van der Waals surface area contributed by atoms with Gasteiger partial charge in [0.25, 0.3) is 0 Å². The maximum absolute atomic E-state index is 13.0. The number of carbonyl (C=O) groups is 1. The van der Waals surface area contributed by atoms with Crippen LogP contribution in [0.4, 0.5) is 29.5 Å². The molecule has 1 aliphatic heterocycles. The first kappa shape index (κ1) is 19.7. The molecule has 1 amide bonds. The number of fused-ring (bicyclic) bond motifs is 1. The van der Waals surface area contributed by atoms with Crippen LogP contribution in [0.2, 0.25) is 0 Å². The number of hydrogen-bond acceptors (Lipinski definition) is 5. The molecule has 9 heteroatoms. The fourth-order valence-corrected chi connectivity index (χ4v) is 3.17. The lowest BCUT2D eigenvalue weighted by Crippen LogP contribution is -2.38. The quantitative estimate of drug-likeness (QED) is 0.667. The summed E-state index contributed by atoms with van der Waals surface area (Å²) in [5.41, 5.74) is 0.868. The largest absolute Gasteiger partial charge is 0.416 e. The van der Waals surface area contributed by atoms with E-state index in [2.05, 4.69) is 15.3 Å². The summed E-state index contributed by atoms with van der Waals surface area (Å²) >= 11 is 0. The van der Waals surface area contributed by atoms with Crippen LogP contribution < -0.4 is 10.1 Å². The van der Waals surface area contributed by atoms with Crippen LogP contribution in [0.5, 0.6) is 5.75 Å². The van der Waals surface area contributed by atoms with Crippen molar-refractivity contribution in [3.05, 3.63) is 77.7 Å². The highest BCUT2D eigenvalue weighted by molar-refractivity contribution is 5.72. The van der Waals surface area contributed by atoms with Crippen LogP contribution in [0.15, 0.2) is 60.9 Å². The molecule has 0 atom stereocenters. The zero-order chi connectivity index (χ0) is 21.1. The molecule has 6 nitrogen and oxygen atoms in total. The molecule has 0 radical (unpaired) electrons. The van der Waals surface area contributed by atoms with E-state index in [-0.39, 0.29) is 12.2 Å². The third kappa shape index (κ3) is 4.35. The third-order valence-corrected chi connectivity index (χ3v) is 4.66. The summed E-state index contributed by atoms with van der Waals surface area (Å²) < 4.78 is 44.3. The van der Waals surface area contributed by atoms with Gasteiger partial charge in [-0.1, -0.05) is 24.3 Å². The molecule has 0 fully saturated rings. The average Bonchev–Trinajstić information content (AvgIpc) is 2.74. The monoisotopic (exact) mass is 414 g/mol. The summed E-state index contributed by atoms with van der Waals surface area (Å²) in [6.45, 7) is 0.599. The summed E-state index contributed by atoms with van der Waals surface area (Å²) in [5, 5.41) is 2.92. The van der Waals surface area contributed by atoms with E-state index in [1.807, 2.05) is 6.07 Å². The van der Waals surface area contributed by atoms with Crippen molar-refractivity contribution in [2.24, 2.45) is 0 Å². The van der Waals surface area contributed by atoms with E-state index in [9.17, 15) is 18.0 Å². The van der Waals surface area contributed by atoms with E-state index in [1.165, 1.54) is 23.4 Å². The fourth-order valence-electron chi connectivity index (χ4n) is 3.17. The van der Waals surface area contributed by atoms with Gasteiger partial charge in [-0.05, 0) is 30.3 Å². The van der Waals surface area contributed by atoms with Gasteiger partial charge in [-0.3, -0.25) is 0 Å². The lowest BCUT2D eigenvalue weighted by molar-refractivity contribution is -0.137. The zero-order valence-corrected chi connectivity index (χ0v) is 15.7. The summed E-state index contributed by atoms with van der Waals surface area (Å²) in [6, 6.07) is 13.6. The van der Waals surface area contributed by atoms with Crippen LogP contribution in [0.1, 0.15) is 16.8 Å². The number of aromatic nitrogens is 2. The maximum atomic E-state index is 13.0. The Morgan fingerprint density at radius 2 is 1.87 bits per heavy atom. The molecule has 2 heterocycles. The molecule has 0 bridgehead atoms. The van der Waals surface area contributed by atoms with Crippen LogP contribution in [0, 0.1) is 0 Å². The highest BCUT2D eigenvalue weighted by Gasteiger charge is 2.31. The molecular formula is C21H17F3N4O2. The fraction of sp³-hybridized carbons (Fsp3) is 0.190. The lowest BCUT2D eigenvalue weighted by atomic mass is 10.1. The van der Waals surface area contributed by atoms with Crippen molar-refractivity contribution in [3.63, 3.8) is 0 Å². The number of hydrogen-bond donors (Lipinski definition) is 1. The van der Waals surface area contributed by atoms with E-state index in [0.29, 0.717) is 30.1 Å². The SMILES string of the molecule is O=C(Oc1ccccc1)N1CCc2ncnc(Nc3cccc(C(F)(F)F)c3)c2C1. The number of nitrogens with zero attached hydrogens (tertiary/aromatic N) is 3. The van der Waals surface area contributed by atoms with Gasteiger partial charge in [0, 0.05) is 24.2 Å². The number of anilines is 2. The Labute approximate surface area is 170 Å². The summed E-state index contributed by atoms with van der Waals surface area (Å²) in [5.74, 6) is 0.788. The molecule has 1 N–H and O–H groups in total. The van der Waals surface area contributed by atoms with Crippen molar-refractivity contribution in [2.45, 2.75) is 19.1 Å². The van der Waals surface area contributed by atoms with Crippen LogP contribution in [-0.2, 0) is 19.1 Å². The Bertz CT molecular complexity index is 1060. The summed E-state index contributed by atoms with van der Waals surface area (Å²) in [4.78, 5) is 22.5. The predicted octanol–water partition coefficient (Wildman–Crippen LogP) is 4.80. The molecule has 0 saturated carbocycles. The summed E-state index contributed by atoms with van der Waals surface area (Å²) in [7, 11) is 0. The first-order valence-electron chi connectivity index (χ1n) is 9.19. The smallest absolute Gasteiger partial charge is 0.410 e. The highest BCUT2D eigenvalue weighted by Crippen LogP contribution is 2.32. The molecular weight excluding hydrogens is 397 g/mol. The molecule has 0 unspecified atom stereocenters. The van der Waals surface area contributed by atoms with Gasteiger partial charge in [0.2, 0.25) is 0 Å². The van der Waals surface area contributed by atoms with Crippen molar-refractivity contribution in [1.82, 2.24) is 14.9 Å². The molecule has 4 rings (SSSR count). The number of halogens is 3. The van der Waals surface area contributed by atoms with E-state index >= 15 is 0 Å². The number of amides is 1. The van der Waals surface area contributed by atoms with E-state index in [0.717, 1.165) is 17.8 Å². The van der Waals surface area contributed by atoms with Crippen LogP contribution in [0.25, 0.3) is 0 Å². The second-order valence-electron chi connectivity index (χ2n) is 6.70. The Balaban J connectivity index is 1.54. The van der Waals surface area contributed by atoms with Crippen molar-refractivity contribution < 1.29 is 22.7 Å². The molecule has 1 aliphatic rings. The number of carbonyl (C=O) groups excluding carboxylic acids is 1. The van der Waals surface area contributed by atoms with Gasteiger partial charge < -0.3 is 15.0 Å². The van der Waals surface area contributed by atoms with Gasteiger partial charge in [-0.15, -0.1) is 0 Å². The van der Waals surface area contributed by atoms with Crippen LogP contribution >= 0.6 is 0 Å². The first-order valence-corrected chi connectivity index (χ1v) is 9.19. The van der Waals surface area contributed by atoms with E-state index < -0.39 is 17.8 Å². The second kappa shape index (κ2) is 8.02. The standard InChI is InChI=1S/C21H17F3N4O2/c22-21(23,24)14-5-4-6-15(11-14)27-19-17-12-28(10-9-18(17)25-13-26-19)20(29)30-16-7-2-1-3-8-16/h1-8,11,13H,9-10,12H2,(H,25,26,27). The Morgan fingerprint density at radius 3 is 2.63 bits per heavy atom. The zero-order valence-electron chi connectivity index (χ0n) is 15.7. The predicted molar refractivity (Wildman–Crippen MR) is 103 cm³/mol. The van der Waals surface area contributed by atoms with Crippen molar-refractivity contribution in [3.8, 4) is 5.75 Å². The Hall–Kier alpha value is -3.62. The first-order chi connectivity index (χ1) is 14.4. The minimum absolute atomic E-state index is 0.184. The maximum Gasteiger partial charge on any atom is 0.416 e. The molecule has 0 spiro atoms. The highest BCUT2D eigenvalue weighted by atomic mass is 19.4. The summed E-state index contributed by atoms with van der Waals surface area (Å²) in [6.07, 6.45) is -3.12. The molecule has 154 valence electrons. The molecule has 3 aromatic rings.